The Morgan fingerprint density at radius 1 is 1.35 bits per heavy atom. The zero-order valence-corrected chi connectivity index (χ0v) is 11.4. The van der Waals surface area contributed by atoms with Crippen molar-refractivity contribution in [3.05, 3.63) is 35.9 Å². The summed E-state index contributed by atoms with van der Waals surface area (Å²) in [4.78, 5) is 23.7. The fraction of sp³-hybridized carbons (Fsp3) is 0.467. The number of rotatable bonds is 6. The van der Waals surface area contributed by atoms with Gasteiger partial charge in [0.15, 0.2) is 6.10 Å². The minimum absolute atomic E-state index is 0.466. The Labute approximate surface area is 117 Å². The monoisotopic (exact) mass is 277 g/mol. The molecule has 0 aliphatic heterocycles. The Bertz CT molecular complexity index is 470. The van der Waals surface area contributed by atoms with Gasteiger partial charge in [-0.2, -0.15) is 0 Å². The lowest BCUT2D eigenvalue weighted by Gasteiger charge is -2.18. The van der Waals surface area contributed by atoms with Crippen LogP contribution in [0, 0.1) is 5.92 Å². The van der Waals surface area contributed by atoms with E-state index in [-0.39, 0.29) is 0 Å². The third-order valence-corrected chi connectivity index (χ3v) is 3.43. The third-order valence-electron chi connectivity index (χ3n) is 3.43. The van der Waals surface area contributed by atoms with Gasteiger partial charge in [-0.15, -0.1) is 0 Å². The highest BCUT2D eigenvalue weighted by Gasteiger charge is 2.32. The molecule has 1 aromatic rings. The number of methoxy groups -OCH3 is 1. The lowest BCUT2D eigenvalue weighted by Crippen LogP contribution is -2.44. The molecule has 0 unspecified atom stereocenters. The van der Waals surface area contributed by atoms with Gasteiger partial charge in [-0.3, -0.25) is 4.79 Å². The average molecular weight is 277 g/mol. The van der Waals surface area contributed by atoms with E-state index in [0.717, 1.165) is 12.8 Å². The summed E-state index contributed by atoms with van der Waals surface area (Å²) in [6, 6.07) is 7.94. The van der Waals surface area contributed by atoms with Crippen LogP contribution in [0.2, 0.25) is 0 Å². The Morgan fingerprint density at radius 3 is 2.55 bits per heavy atom. The Kier molecular flexibility index (Phi) is 4.74. The van der Waals surface area contributed by atoms with Crippen molar-refractivity contribution < 1.29 is 19.4 Å². The Morgan fingerprint density at radius 2 is 2.00 bits per heavy atom. The molecular weight excluding hydrogens is 258 g/mol. The second-order valence-corrected chi connectivity index (χ2v) is 5.08. The maximum absolute atomic E-state index is 12.0. The van der Waals surface area contributed by atoms with Crippen molar-refractivity contribution in [2.45, 2.75) is 31.4 Å². The van der Waals surface area contributed by atoms with Gasteiger partial charge in [0.2, 0.25) is 0 Å². The maximum atomic E-state index is 12.0. The highest BCUT2D eigenvalue weighted by molar-refractivity contribution is 5.87. The molecule has 5 heteroatoms. The normalized spacial score (nSPS) is 17.1. The number of nitrogens with one attached hydrogen (secondary N) is 1. The lowest BCUT2D eigenvalue weighted by atomic mass is 10.1. The van der Waals surface area contributed by atoms with Crippen molar-refractivity contribution in [2.75, 3.05) is 7.11 Å². The number of ether oxygens (including phenoxy) is 1. The second kappa shape index (κ2) is 6.52. The molecule has 2 rings (SSSR count). The molecule has 1 aliphatic carbocycles. The van der Waals surface area contributed by atoms with Gasteiger partial charge in [0, 0.05) is 0 Å². The topological polar surface area (TPSA) is 75.6 Å². The Balaban J connectivity index is 1.98. The van der Waals surface area contributed by atoms with Gasteiger partial charge in [0.1, 0.15) is 6.04 Å². The molecule has 2 atom stereocenters. The van der Waals surface area contributed by atoms with E-state index in [1.165, 1.54) is 7.11 Å². The molecule has 0 bridgehead atoms. The van der Waals surface area contributed by atoms with Crippen LogP contribution in [0.3, 0.4) is 0 Å². The number of aliphatic hydroxyl groups is 1. The van der Waals surface area contributed by atoms with Crippen LogP contribution in [0.25, 0.3) is 0 Å². The van der Waals surface area contributed by atoms with Gasteiger partial charge in [0.05, 0.1) is 7.11 Å². The van der Waals surface area contributed by atoms with Gasteiger partial charge < -0.3 is 15.2 Å². The number of esters is 1. The molecule has 5 nitrogen and oxygen atoms in total. The molecule has 108 valence electrons. The van der Waals surface area contributed by atoms with Crippen LogP contribution >= 0.6 is 0 Å². The molecule has 0 saturated heterocycles. The number of hydrogen-bond acceptors (Lipinski definition) is 4. The van der Waals surface area contributed by atoms with Crippen LogP contribution in [-0.4, -0.2) is 30.1 Å². The van der Waals surface area contributed by atoms with Crippen LogP contribution in [-0.2, 0) is 14.3 Å². The van der Waals surface area contributed by atoms with Gasteiger partial charge in [0.25, 0.3) is 5.91 Å². The molecule has 0 spiro atoms. The van der Waals surface area contributed by atoms with E-state index in [9.17, 15) is 14.7 Å². The largest absolute Gasteiger partial charge is 0.467 e. The van der Waals surface area contributed by atoms with Gasteiger partial charge in [-0.25, -0.2) is 4.79 Å². The number of carbonyl (C=O) groups is 2. The van der Waals surface area contributed by atoms with Crippen molar-refractivity contribution in [1.29, 1.82) is 0 Å². The summed E-state index contributed by atoms with van der Waals surface area (Å²) in [5.41, 5.74) is 0.500. The molecule has 0 aromatic heterocycles. The SMILES string of the molecule is COC(=O)[C@@H](CC1CC1)NC(=O)[C@@H](O)c1ccccc1. The number of hydrogen-bond donors (Lipinski definition) is 2. The maximum Gasteiger partial charge on any atom is 0.328 e. The van der Waals surface area contributed by atoms with E-state index < -0.39 is 24.0 Å². The molecule has 0 heterocycles. The highest BCUT2D eigenvalue weighted by atomic mass is 16.5. The summed E-state index contributed by atoms with van der Waals surface area (Å²) in [6.07, 6.45) is 1.44. The lowest BCUT2D eigenvalue weighted by molar-refractivity contribution is -0.146. The highest BCUT2D eigenvalue weighted by Crippen LogP contribution is 2.33. The van der Waals surface area contributed by atoms with Crippen LogP contribution < -0.4 is 5.32 Å². The molecule has 2 N–H and O–H groups in total. The van der Waals surface area contributed by atoms with E-state index in [0.29, 0.717) is 17.9 Å². The van der Waals surface area contributed by atoms with E-state index in [1.54, 1.807) is 30.3 Å². The van der Waals surface area contributed by atoms with E-state index in [1.807, 2.05) is 0 Å². The van der Waals surface area contributed by atoms with Crippen molar-refractivity contribution in [3.8, 4) is 0 Å². The molecule has 1 saturated carbocycles. The van der Waals surface area contributed by atoms with Gasteiger partial charge in [-0.1, -0.05) is 43.2 Å². The standard InChI is InChI=1S/C15H19NO4/c1-20-15(19)12(9-10-7-8-10)16-14(18)13(17)11-5-3-2-4-6-11/h2-6,10,12-13,17H,7-9H2,1H3,(H,16,18)/t12-,13+/m1/s1. The van der Waals surface area contributed by atoms with Crippen molar-refractivity contribution in [3.63, 3.8) is 0 Å². The predicted molar refractivity (Wildman–Crippen MR) is 72.7 cm³/mol. The first-order chi connectivity index (χ1) is 9.61. The number of benzene rings is 1. The van der Waals surface area contributed by atoms with Crippen molar-refractivity contribution >= 4 is 11.9 Å². The van der Waals surface area contributed by atoms with Crippen molar-refractivity contribution in [1.82, 2.24) is 5.32 Å². The summed E-state index contributed by atoms with van der Waals surface area (Å²) in [6.45, 7) is 0. The van der Waals surface area contributed by atoms with Crippen LogP contribution in [0.5, 0.6) is 0 Å². The molecule has 1 fully saturated rings. The van der Waals surface area contributed by atoms with E-state index in [2.05, 4.69) is 5.32 Å². The molecule has 1 amide bonds. The summed E-state index contributed by atoms with van der Waals surface area (Å²) < 4.78 is 4.69. The zero-order chi connectivity index (χ0) is 14.5. The summed E-state index contributed by atoms with van der Waals surface area (Å²) >= 11 is 0. The minimum atomic E-state index is -1.28. The van der Waals surface area contributed by atoms with Crippen LogP contribution in [0.4, 0.5) is 0 Å². The molecular formula is C15H19NO4. The van der Waals surface area contributed by atoms with E-state index in [4.69, 9.17) is 4.74 Å². The first-order valence-corrected chi connectivity index (χ1v) is 6.73. The Hall–Kier alpha value is -1.88. The predicted octanol–water partition coefficient (Wildman–Crippen LogP) is 1.18. The summed E-state index contributed by atoms with van der Waals surface area (Å²) in [5.74, 6) is -0.578. The third kappa shape index (κ3) is 3.81. The molecule has 0 radical (unpaired) electrons. The molecule has 1 aliphatic rings. The van der Waals surface area contributed by atoms with Crippen LogP contribution in [0.15, 0.2) is 30.3 Å². The van der Waals surface area contributed by atoms with Crippen molar-refractivity contribution in [2.24, 2.45) is 5.92 Å². The number of aliphatic hydroxyl groups excluding tert-OH is 1. The van der Waals surface area contributed by atoms with Gasteiger partial charge in [-0.05, 0) is 17.9 Å². The van der Waals surface area contributed by atoms with Gasteiger partial charge >= 0.3 is 5.97 Å². The number of carbonyl (C=O) groups excluding carboxylic acids is 2. The smallest absolute Gasteiger partial charge is 0.328 e. The molecule has 1 aromatic carbocycles. The fourth-order valence-electron chi connectivity index (χ4n) is 2.08. The quantitative estimate of drug-likeness (QED) is 0.766. The fourth-order valence-corrected chi connectivity index (χ4v) is 2.08. The first-order valence-electron chi connectivity index (χ1n) is 6.73. The number of amides is 1. The minimum Gasteiger partial charge on any atom is -0.467 e. The molecule has 20 heavy (non-hydrogen) atoms. The summed E-state index contributed by atoms with van der Waals surface area (Å²) in [5, 5.41) is 12.6. The second-order valence-electron chi connectivity index (χ2n) is 5.08. The van der Waals surface area contributed by atoms with Crippen LogP contribution in [0.1, 0.15) is 30.9 Å². The average Bonchev–Trinajstić information content (AvgIpc) is 3.29. The first kappa shape index (κ1) is 14.5. The zero-order valence-electron chi connectivity index (χ0n) is 11.4. The summed E-state index contributed by atoms with van der Waals surface area (Å²) in [7, 11) is 1.29. The van der Waals surface area contributed by atoms with E-state index >= 15 is 0 Å².